The van der Waals surface area contributed by atoms with Crippen LogP contribution in [0.2, 0.25) is 0 Å². The highest BCUT2D eigenvalue weighted by Crippen LogP contribution is 2.35. The van der Waals surface area contributed by atoms with Gasteiger partial charge in [0, 0.05) is 20.3 Å². The number of nitriles is 1. The van der Waals surface area contributed by atoms with Crippen molar-refractivity contribution < 1.29 is 13.2 Å². The van der Waals surface area contributed by atoms with Gasteiger partial charge in [-0.1, -0.05) is 0 Å². The minimum absolute atomic E-state index is 0.368. The fourth-order valence-corrected chi connectivity index (χ4v) is 0.996. The molecule has 0 aliphatic rings. The average Bonchev–Trinajstić information content (AvgIpc) is 1.82. The molecular weight excluding hydrogens is 189 g/mol. The molecule has 0 amide bonds. The van der Waals surface area contributed by atoms with Gasteiger partial charge in [-0.15, -0.1) is 0 Å². The molecule has 68 valence electrons. The first kappa shape index (κ1) is 11.2. The van der Waals surface area contributed by atoms with Crippen LogP contribution in [0.25, 0.3) is 0 Å². The van der Waals surface area contributed by atoms with E-state index in [4.69, 9.17) is 5.26 Å². The van der Waals surface area contributed by atoms with Gasteiger partial charge in [0.25, 0.3) is 0 Å². The van der Waals surface area contributed by atoms with Crippen LogP contribution < -0.4 is 0 Å². The fraction of sp³-hybridized carbons (Fsp3) is 0.500. The zero-order valence-electron chi connectivity index (χ0n) is 6.51. The summed E-state index contributed by atoms with van der Waals surface area (Å²) in [6.45, 7) is 0. The van der Waals surface area contributed by atoms with Crippen molar-refractivity contribution in [3.05, 3.63) is 11.1 Å². The van der Waals surface area contributed by atoms with Gasteiger partial charge in [0.1, 0.15) is 11.0 Å². The largest absolute Gasteiger partial charge is 0.447 e. The Morgan fingerprint density at radius 2 is 2.00 bits per heavy atom. The zero-order chi connectivity index (χ0) is 9.78. The molecule has 0 aliphatic heterocycles. The Morgan fingerprint density at radius 3 is 2.25 bits per heavy atom. The van der Waals surface area contributed by atoms with Gasteiger partial charge in [0.05, 0.1) is 0 Å². The number of hydrogen-bond donors (Lipinski definition) is 0. The highest BCUT2D eigenvalue weighted by molar-refractivity contribution is 8.04. The number of hydrogen-bond acceptors (Lipinski definition) is 3. The smallest absolute Gasteiger partial charge is 0.382 e. The zero-order valence-corrected chi connectivity index (χ0v) is 7.33. The maximum absolute atomic E-state index is 11.7. The van der Waals surface area contributed by atoms with E-state index < -0.39 is 17.3 Å². The molecule has 0 spiro atoms. The summed E-state index contributed by atoms with van der Waals surface area (Å²) in [5, 5.41) is 8.27. The minimum Gasteiger partial charge on any atom is -0.382 e. The second-order valence-electron chi connectivity index (χ2n) is 2.12. The van der Waals surface area contributed by atoms with Crippen LogP contribution in [0, 0.1) is 11.3 Å². The summed E-state index contributed by atoms with van der Waals surface area (Å²) < 4.78 is 35.1. The summed E-state index contributed by atoms with van der Waals surface area (Å²) in [4.78, 5) is 1.02. The van der Waals surface area contributed by atoms with Crippen molar-refractivity contribution in [1.82, 2.24) is 4.90 Å². The quantitative estimate of drug-likeness (QED) is 0.633. The summed E-state index contributed by atoms with van der Waals surface area (Å²) in [5.74, 6) is 0. The fourth-order valence-electron chi connectivity index (χ4n) is 0.437. The Bertz CT molecular complexity index is 214. The number of rotatable bonds is 2. The van der Waals surface area contributed by atoms with Crippen molar-refractivity contribution in [2.45, 2.75) is 5.51 Å². The molecule has 0 fully saturated rings. The molecule has 0 N–H and O–H groups in total. The number of halogens is 3. The van der Waals surface area contributed by atoms with Gasteiger partial charge < -0.3 is 4.90 Å². The molecule has 2 nitrogen and oxygen atoms in total. The van der Waals surface area contributed by atoms with Crippen LogP contribution in [0.3, 0.4) is 0 Å². The molecule has 0 saturated heterocycles. The molecule has 0 aromatic heterocycles. The van der Waals surface area contributed by atoms with Crippen LogP contribution in [-0.2, 0) is 0 Å². The van der Waals surface area contributed by atoms with E-state index in [0.717, 1.165) is 6.20 Å². The maximum Gasteiger partial charge on any atom is 0.447 e. The molecule has 0 aliphatic carbocycles. The second kappa shape index (κ2) is 4.26. The Kier molecular flexibility index (Phi) is 3.96. The summed E-state index contributed by atoms with van der Waals surface area (Å²) in [6, 6.07) is 1.45. The Labute approximate surface area is 72.6 Å². The van der Waals surface area contributed by atoms with Gasteiger partial charge in [0.15, 0.2) is 0 Å². The predicted molar refractivity (Wildman–Crippen MR) is 41.0 cm³/mol. The third-order valence-corrected chi connectivity index (χ3v) is 1.36. The first-order chi connectivity index (χ1) is 5.35. The van der Waals surface area contributed by atoms with Crippen molar-refractivity contribution >= 4 is 11.8 Å². The predicted octanol–water partition coefficient (Wildman–Crippen LogP) is 2.17. The molecular formula is C6H7F3N2S. The van der Waals surface area contributed by atoms with E-state index >= 15 is 0 Å². The Morgan fingerprint density at radius 1 is 1.50 bits per heavy atom. The van der Waals surface area contributed by atoms with Crippen molar-refractivity contribution in [2.24, 2.45) is 0 Å². The molecule has 0 saturated carbocycles. The third-order valence-electron chi connectivity index (χ3n) is 0.711. The maximum atomic E-state index is 11.7. The van der Waals surface area contributed by atoms with Gasteiger partial charge in [-0.25, -0.2) is 0 Å². The molecule has 0 rings (SSSR count). The van der Waals surface area contributed by atoms with Crippen molar-refractivity contribution in [3.8, 4) is 6.07 Å². The van der Waals surface area contributed by atoms with E-state index in [2.05, 4.69) is 0 Å². The molecule has 6 heteroatoms. The summed E-state index contributed by atoms with van der Waals surface area (Å²) in [5.41, 5.74) is -4.39. The lowest BCUT2D eigenvalue weighted by Gasteiger charge is -2.07. The normalized spacial score (nSPS) is 12.5. The average molecular weight is 196 g/mol. The first-order valence-corrected chi connectivity index (χ1v) is 3.71. The topological polar surface area (TPSA) is 27.0 Å². The van der Waals surface area contributed by atoms with E-state index in [1.807, 2.05) is 0 Å². The molecule has 12 heavy (non-hydrogen) atoms. The van der Waals surface area contributed by atoms with E-state index in [1.165, 1.54) is 11.0 Å². The number of alkyl halides is 3. The van der Waals surface area contributed by atoms with E-state index in [1.54, 1.807) is 14.1 Å². The Hall–Kier alpha value is -0.830. The lowest BCUT2D eigenvalue weighted by Crippen LogP contribution is -2.05. The van der Waals surface area contributed by atoms with Crippen LogP contribution in [0.1, 0.15) is 0 Å². The number of nitrogens with zero attached hydrogens (tertiary/aromatic N) is 2. The molecule has 0 atom stereocenters. The minimum atomic E-state index is -4.39. The first-order valence-electron chi connectivity index (χ1n) is 2.89. The third kappa shape index (κ3) is 5.92. The summed E-state index contributed by atoms with van der Waals surface area (Å²) in [7, 11) is 3.10. The summed E-state index contributed by atoms with van der Waals surface area (Å²) in [6.07, 6.45) is 1.12. The van der Waals surface area contributed by atoms with E-state index in [9.17, 15) is 13.2 Å². The number of thioether (sulfide) groups is 1. The van der Waals surface area contributed by atoms with Gasteiger partial charge in [-0.05, 0) is 11.8 Å². The van der Waals surface area contributed by atoms with Gasteiger partial charge >= 0.3 is 5.51 Å². The molecule has 0 aromatic carbocycles. The monoisotopic (exact) mass is 196 g/mol. The van der Waals surface area contributed by atoms with Crippen LogP contribution in [0.4, 0.5) is 13.2 Å². The highest BCUT2D eigenvalue weighted by Gasteiger charge is 2.30. The van der Waals surface area contributed by atoms with Crippen LogP contribution >= 0.6 is 11.8 Å². The summed E-state index contributed by atoms with van der Waals surface area (Å²) >= 11 is -0.411. The molecule has 0 bridgehead atoms. The van der Waals surface area contributed by atoms with Crippen molar-refractivity contribution in [3.63, 3.8) is 0 Å². The van der Waals surface area contributed by atoms with Crippen molar-refractivity contribution in [2.75, 3.05) is 14.1 Å². The van der Waals surface area contributed by atoms with E-state index in [-0.39, 0.29) is 4.91 Å². The van der Waals surface area contributed by atoms with Gasteiger partial charge in [0.2, 0.25) is 0 Å². The highest BCUT2D eigenvalue weighted by atomic mass is 32.2. The standard InChI is InChI=1S/C6H7F3N2S/c1-11(2)4-5(3-10)12-6(7,8)9/h4H,1-2H3/b5-4+. The SMILES string of the molecule is CN(C)/C=C(\C#N)SC(F)(F)F. The van der Waals surface area contributed by atoms with Gasteiger partial charge in [-0.2, -0.15) is 18.4 Å². The van der Waals surface area contributed by atoms with Crippen LogP contribution in [0.15, 0.2) is 11.1 Å². The molecule has 0 heterocycles. The lowest BCUT2D eigenvalue weighted by atomic mass is 10.6. The molecule has 0 aromatic rings. The molecule has 0 unspecified atom stereocenters. The van der Waals surface area contributed by atoms with E-state index in [0.29, 0.717) is 0 Å². The molecule has 0 radical (unpaired) electrons. The van der Waals surface area contributed by atoms with Crippen molar-refractivity contribution in [1.29, 1.82) is 5.26 Å². The Balaban J connectivity index is 4.32. The van der Waals surface area contributed by atoms with Crippen LogP contribution in [0.5, 0.6) is 0 Å². The number of allylic oxidation sites excluding steroid dienone is 1. The van der Waals surface area contributed by atoms with Gasteiger partial charge in [-0.3, -0.25) is 0 Å². The second-order valence-corrected chi connectivity index (χ2v) is 3.22. The lowest BCUT2D eigenvalue weighted by molar-refractivity contribution is -0.0321. The van der Waals surface area contributed by atoms with Crippen LogP contribution in [-0.4, -0.2) is 24.5 Å².